The van der Waals surface area contributed by atoms with Crippen molar-refractivity contribution >= 4 is 35.6 Å². The molecule has 0 radical (unpaired) electrons. The molecule has 188 valence electrons. The molecule has 14 heteroatoms. The Hall–Kier alpha value is -3.26. The molecule has 0 rings (SSSR count). The Kier molecular flexibility index (Phi) is 12.6. The van der Waals surface area contributed by atoms with Crippen LogP contribution in [-0.2, 0) is 28.8 Å². The van der Waals surface area contributed by atoms with Crippen molar-refractivity contribution in [1.29, 1.82) is 0 Å². The van der Waals surface area contributed by atoms with Crippen LogP contribution < -0.4 is 21.7 Å². The number of aliphatic hydroxyl groups is 1. The lowest BCUT2D eigenvalue weighted by Crippen LogP contribution is -2.60. The summed E-state index contributed by atoms with van der Waals surface area (Å²) in [7, 11) is 0. The number of hydrogen-bond acceptors (Lipinski definition) is 8. The van der Waals surface area contributed by atoms with Crippen LogP contribution in [0.25, 0.3) is 0 Å². The van der Waals surface area contributed by atoms with Crippen molar-refractivity contribution in [2.75, 3.05) is 0 Å². The van der Waals surface area contributed by atoms with E-state index in [0.717, 1.165) is 6.92 Å². The van der Waals surface area contributed by atoms with Crippen molar-refractivity contribution in [3.05, 3.63) is 0 Å². The molecular formula is C19H32N4O10. The van der Waals surface area contributed by atoms with Crippen LogP contribution in [0.5, 0.6) is 0 Å². The highest BCUT2D eigenvalue weighted by molar-refractivity contribution is 5.95. The van der Waals surface area contributed by atoms with Gasteiger partial charge in [-0.15, -0.1) is 0 Å². The zero-order chi connectivity index (χ0) is 25.9. The SMILES string of the molecule is CC(C)CC(N)C(=O)NC(CCC(=O)O)C(=O)NC(C(=O)NC(CC(=O)O)C(=O)O)C(C)O. The van der Waals surface area contributed by atoms with Gasteiger partial charge in [0.15, 0.2) is 0 Å². The highest BCUT2D eigenvalue weighted by Gasteiger charge is 2.33. The zero-order valence-electron chi connectivity index (χ0n) is 18.6. The molecule has 0 heterocycles. The molecule has 0 saturated carbocycles. The van der Waals surface area contributed by atoms with Gasteiger partial charge in [-0.1, -0.05) is 13.8 Å². The Morgan fingerprint density at radius 1 is 0.788 bits per heavy atom. The van der Waals surface area contributed by atoms with Crippen LogP contribution >= 0.6 is 0 Å². The second-order valence-electron chi connectivity index (χ2n) is 7.95. The summed E-state index contributed by atoms with van der Waals surface area (Å²) in [5, 5.41) is 43.0. The number of hydrogen-bond donors (Lipinski definition) is 8. The van der Waals surface area contributed by atoms with Gasteiger partial charge in [0.1, 0.15) is 18.1 Å². The standard InChI is InChI=1S/C19H32N4O10/c1-8(2)6-10(20)16(29)21-11(4-5-13(25)26)17(30)23-15(9(3)24)18(31)22-12(19(32)33)7-14(27)28/h8-12,15,24H,4-7,20H2,1-3H3,(H,21,29)(H,22,31)(H,23,30)(H,25,26)(H,27,28)(H,32,33). The van der Waals surface area contributed by atoms with E-state index in [1.807, 2.05) is 19.2 Å². The quantitative estimate of drug-likeness (QED) is 0.124. The number of carbonyl (C=O) groups excluding carboxylic acids is 3. The molecule has 0 bridgehead atoms. The summed E-state index contributed by atoms with van der Waals surface area (Å²) in [5.41, 5.74) is 5.78. The molecule has 0 aromatic rings. The average Bonchev–Trinajstić information content (AvgIpc) is 2.66. The summed E-state index contributed by atoms with van der Waals surface area (Å²) in [6, 6.07) is -5.95. The fourth-order valence-electron chi connectivity index (χ4n) is 2.73. The maximum atomic E-state index is 12.7. The minimum Gasteiger partial charge on any atom is -0.481 e. The number of carbonyl (C=O) groups is 6. The highest BCUT2D eigenvalue weighted by atomic mass is 16.4. The van der Waals surface area contributed by atoms with Crippen molar-refractivity contribution in [3.63, 3.8) is 0 Å². The number of nitrogens with one attached hydrogen (secondary N) is 3. The van der Waals surface area contributed by atoms with Gasteiger partial charge in [0, 0.05) is 6.42 Å². The van der Waals surface area contributed by atoms with Gasteiger partial charge in [0.25, 0.3) is 0 Å². The third-order valence-corrected chi connectivity index (χ3v) is 4.40. The summed E-state index contributed by atoms with van der Waals surface area (Å²) in [5.74, 6) is -7.27. The van der Waals surface area contributed by atoms with Crippen molar-refractivity contribution in [2.24, 2.45) is 11.7 Å². The van der Waals surface area contributed by atoms with E-state index in [1.165, 1.54) is 0 Å². The molecule has 9 N–H and O–H groups in total. The smallest absolute Gasteiger partial charge is 0.326 e. The molecule has 0 aromatic heterocycles. The fourth-order valence-corrected chi connectivity index (χ4v) is 2.73. The summed E-state index contributed by atoms with van der Waals surface area (Å²) < 4.78 is 0. The number of nitrogens with two attached hydrogens (primary N) is 1. The first-order chi connectivity index (χ1) is 15.1. The summed E-state index contributed by atoms with van der Waals surface area (Å²) >= 11 is 0. The Balaban J connectivity index is 5.50. The van der Waals surface area contributed by atoms with Gasteiger partial charge in [-0.2, -0.15) is 0 Å². The number of amides is 3. The lowest BCUT2D eigenvalue weighted by Gasteiger charge is -2.26. The lowest BCUT2D eigenvalue weighted by molar-refractivity contribution is -0.148. The van der Waals surface area contributed by atoms with Crippen LogP contribution in [0.1, 0.15) is 46.5 Å². The van der Waals surface area contributed by atoms with Crippen LogP contribution in [0, 0.1) is 5.92 Å². The number of aliphatic hydroxyl groups excluding tert-OH is 1. The van der Waals surface area contributed by atoms with Crippen molar-refractivity contribution in [3.8, 4) is 0 Å². The number of carboxylic acid groups (broad SMARTS) is 3. The number of carboxylic acids is 3. The van der Waals surface area contributed by atoms with Crippen LogP contribution in [0.15, 0.2) is 0 Å². The first-order valence-electron chi connectivity index (χ1n) is 10.2. The first kappa shape index (κ1) is 29.7. The third-order valence-electron chi connectivity index (χ3n) is 4.40. The van der Waals surface area contributed by atoms with Gasteiger partial charge in [-0.3, -0.25) is 24.0 Å². The maximum Gasteiger partial charge on any atom is 0.326 e. The molecule has 0 fully saturated rings. The Morgan fingerprint density at radius 3 is 1.76 bits per heavy atom. The Bertz CT molecular complexity index is 740. The van der Waals surface area contributed by atoms with Crippen molar-refractivity contribution in [1.82, 2.24) is 16.0 Å². The molecule has 3 amide bonds. The van der Waals surface area contributed by atoms with E-state index in [0.29, 0.717) is 0 Å². The van der Waals surface area contributed by atoms with Crippen LogP contribution in [0.4, 0.5) is 0 Å². The molecule has 0 aliphatic rings. The highest BCUT2D eigenvalue weighted by Crippen LogP contribution is 2.06. The Morgan fingerprint density at radius 2 is 1.33 bits per heavy atom. The third kappa shape index (κ3) is 11.8. The molecule has 0 aliphatic carbocycles. The van der Waals surface area contributed by atoms with Crippen molar-refractivity contribution in [2.45, 2.75) is 76.7 Å². The summed E-state index contributed by atoms with van der Waals surface area (Å²) in [6.45, 7) is 4.76. The summed E-state index contributed by atoms with van der Waals surface area (Å²) in [4.78, 5) is 70.3. The molecule has 5 atom stereocenters. The molecular weight excluding hydrogens is 444 g/mol. The van der Waals surface area contributed by atoms with Crippen LogP contribution in [0.2, 0.25) is 0 Å². The molecule has 0 spiro atoms. The van der Waals surface area contributed by atoms with Gasteiger partial charge < -0.3 is 42.1 Å². The van der Waals surface area contributed by atoms with Gasteiger partial charge in [0.05, 0.1) is 18.6 Å². The summed E-state index contributed by atoms with van der Waals surface area (Å²) in [6.07, 6.45) is -3.08. The van der Waals surface area contributed by atoms with Gasteiger partial charge in [-0.05, 0) is 25.7 Å². The van der Waals surface area contributed by atoms with E-state index in [4.69, 9.17) is 21.1 Å². The van der Waals surface area contributed by atoms with E-state index in [9.17, 15) is 33.9 Å². The minimum atomic E-state index is -1.83. The van der Waals surface area contributed by atoms with Crippen molar-refractivity contribution < 1.29 is 49.2 Å². The maximum absolute atomic E-state index is 12.7. The van der Waals surface area contributed by atoms with Gasteiger partial charge in [0.2, 0.25) is 17.7 Å². The topological polar surface area (TPSA) is 245 Å². The van der Waals surface area contributed by atoms with E-state index in [-0.39, 0.29) is 18.8 Å². The zero-order valence-corrected chi connectivity index (χ0v) is 18.6. The van der Waals surface area contributed by atoms with Crippen LogP contribution in [0.3, 0.4) is 0 Å². The molecule has 0 aromatic carbocycles. The number of rotatable bonds is 15. The molecule has 0 saturated heterocycles. The fraction of sp³-hybridized carbons (Fsp3) is 0.684. The van der Waals surface area contributed by atoms with E-state index in [2.05, 4.69) is 10.6 Å². The largest absolute Gasteiger partial charge is 0.481 e. The monoisotopic (exact) mass is 476 g/mol. The normalized spacial score (nSPS) is 15.5. The number of aliphatic carboxylic acids is 3. The van der Waals surface area contributed by atoms with Crippen LogP contribution in [-0.4, -0.2) is 86.3 Å². The molecule has 0 aliphatic heterocycles. The predicted octanol–water partition coefficient (Wildman–Crippen LogP) is -2.38. The van der Waals surface area contributed by atoms with Gasteiger partial charge in [-0.25, -0.2) is 4.79 Å². The Labute approximate surface area is 189 Å². The molecule has 33 heavy (non-hydrogen) atoms. The predicted molar refractivity (Wildman–Crippen MR) is 112 cm³/mol. The lowest BCUT2D eigenvalue weighted by atomic mass is 10.0. The second-order valence-corrected chi connectivity index (χ2v) is 7.95. The average molecular weight is 476 g/mol. The van der Waals surface area contributed by atoms with E-state index in [1.54, 1.807) is 0 Å². The molecule has 5 unspecified atom stereocenters. The minimum absolute atomic E-state index is 0.0633. The first-order valence-corrected chi connectivity index (χ1v) is 10.2. The van der Waals surface area contributed by atoms with E-state index >= 15 is 0 Å². The van der Waals surface area contributed by atoms with Gasteiger partial charge >= 0.3 is 17.9 Å². The van der Waals surface area contributed by atoms with E-state index < -0.39 is 78.7 Å². The second kappa shape index (κ2) is 14.0. The molecule has 14 nitrogen and oxygen atoms in total.